The fraction of sp³-hybridized carbons (Fsp3) is 0.400. The molecule has 146 valence electrons. The molecule has 1 aromatic carbocycles. The van der Waals surface area contributed by atoms with E-state index in [0.717, 1.165) is 9.80 Å². The fourth-order valence-electron chi connectivity index (χ4n) is 2.86. The van der Waals surface area contributed by atoms with Crippen molar-refractivity contribution in [3.8, 4) is 0 Å². The summed E-state index contributed by atoms with van der Waals surface area (Å²) in [6.07, 6.45) is 0. The third-order valence-corrected chi connectivity index (χ3v) is 7.05. The van der Waals surface area contributed by atoms with Crippen molar-refractivity contribution in [2.24, 2.45) is 0 Å². The van der Waals surface area contributed by atoms with Crippen molar-refractivity contribution in [2.45, 2.75) is 4.90 Å². The second-order valence-corrected chi connectivity index (χ2v) is 8.87. The molecule has 1 aromatic rings. The van der Waals surface area contributed by atoms with Crippen LogP contribution in [-0.4, -0.2) is 85.2 Å². The summed E-state index contributed by atoms with van der Waals surface area (Å²) >= 11 is 11.9. The fourth-order valence-corrected chi connectivity index (χ4v) is 5.02. The van der Waals surface area contributed by atoms with Gasteiger partial charge in [0.25, 0.3) is 0 Å². The first kappa shape index (κ1) is 20.0. The van der Waals surface area contributed by atoms with Gasteiger partial charge in [-0.2, -0.15) is 4.31 Å². The largest absolute Gasteiger partial charge is 0.335 e. The van der Waals surface area contributed by atoms with Gasteiger partial charge in [0.05, 0.1) is 11.7 Å². The summed E-state index contributed by atoms with van der Waals surface area (Å²) in [7, 11) is -2.59. The number of urea groups is 1. The van der Waals surface area contributed by atoms with Crippen LogP contribution in [0.25, 0.3) is 0 Å². The Morgan fingerprint density at radius 3 is 2.19 bits per heavy atom. The number of hydrogen-bond donors (Lipinski definition) is 0. The van der Waals surface area contributed by atoms with E-state index < -0.39 is 27.9 Å². The van der Waals surface area contributed by atoms with Crippen LogP contribution < -0.4 is 0 Å². The number of carbonyl (C=O) groups is 3. The molecule has 3 rings (SSSR count). The quantitative estimate of drug-likeness (QED) is 0.510. The molecule has 2 aliphatic rings. The van der Waals surface area contributed by atoms with E-state index in [1.54, 1.807) is 4.90 Å². The van der Waals surface area contributed by atoms with Crippen LogP contribution in [0.4, 0.5) is 4.79 Å². The van der Waals surface area contributed by atoms with E-state index in [-0.39, 0.29) is 47.8 Å². The van der Waals surface area contributed by atoms with Gasteiger partial charge in [-0.1, -0.05) is 23.2 Å². The molecule has 0 N–H and O–H groups in total. The van der Waals surface area contributed by atoms with Gasteiger partial charge < -0.3 is 0 Å². The van der Waals surface area contributed by atoms with Crippen molar-refractivity contribution in [3.63, 3.8) is 0 Å². The van der Waals surface area contributed by atoms with Gasteiger partial charge >= 0.3 is 17.8 Å². The molecule has 0 saturated carbocycles. The van der Waals surface area contributed by atoms with E-state index in [0.29, 0.717) is 0 Å². The molecular formula is C15H16Cl2N4O5S. The molecule has 0 aromatic heterocycles. The number of piperazine rings is 1. The number of halogens is 2. The Morgan fingerprint density at radius 1 is 1.00 bits per heavy atom. The minimum Gasteiger partial charge on any atom is -0.283 e. The van der Waals surface area contributed by atoms with Gasteiger partial charge in [-0.3, -0.25) is 19.4 Å². The molecule has 0 bridgehead atoms. The zero-order valence-corrected chi connectivity index (χ0v) is 16.6. The summed E-state index contributed by atoms with van der Waals surface area (Å²) in [6.45, 7) is 0.786. The molecule has 0 unspecified atom stereocenters. The van der Waals surface area contributed by atoms with Crippen molar-refractivity contribution < 1.29 is 22.8 Å². The van der Waals surface area contributed by atoms with Crippen molar-refractivity contribution in [1.82, 2.24) is 19.0 Å². The molecule has 0 atom stereocenters. The molecule has 0 aliphatic carbocycles. The zero-order chi connectivity index (χ0) is 19.9. The van der Waals surface area contributed by atoms with E-state index in [9.17, 15) is 22.8 Å². The van der Waals surface area contributed by atoms with Crippen molar-refractivity contribution in [3.05, 3.63) is 28.2 Å². The minimum atomic E-state index is -3.82. The van der Waals surface area contributed by atoms with Gasteiger partial charge in [0, 0.05) is 38.2 Å². The number of carbonyl (C=O) groups excluding carboxylic acids is 3. The highest BCUT2D eigenvalue weighted by molar-refractivity contribution is 7.89. The summed E-state index contributed by atoms with van der Waals surface area (Å²) in [5, 5.41) is 0.341. The molecule has 12 heteroatoms. The summed E-state index contributed by atoms with van der Waals surface area (Å²) in [5.41, 5.74) is 0. The normalized spacial score (nSPS) is 20.0. The number of rotatable bonds is 4. The van der Waals surface area contributed by atoms with E-state index in [2.05, 4.69) is 0 Å². The second-order valence-electron chi connectivity index (χ2n) is 6.12. The van der Waals surface area contributed by atoms with Crippen LogP contribution in [0.1, 0.15) is 0 Å². The number of likely N-dealkylation sites (N-methyl/N-ethyl adjacent to an activating group) is 1. The number of sulfonamides is 1. The maximum atomic E-state index is 12.8. The molecule has 0 radical (unpaired) electrons. The third-order valence-electron chi connectivity index (χ3n) is 4.43. The lowest BCUT2D eigenvalue weighted by Gasteiger charge is -2.35. The molecule has 2 heterocycles. The number of nitrogens with zero attached hydrogens (tertiary/aromatic N) is 4. The Balaban J connectivity index is 1.67. The summed E-state index contributed by atoms with van der Waals surface area (Å²) in [5.74, 6) is -1.76. The number of imide groups is 2. The lowest BCUT2D eigenvalue weighted by molar-refractivity contribution is -0.143. The highest BCUT2D eigenvalue weighted by atomic mass is 35.5. The highest BCUT2D eigenvalue weighted by Gasteiger charge is 2.43. The van der Waals surface area contributed by atoms with E-state index in [1.807, 2.05) is 0 Å². The molecule has 27 heavy (non-hydrogen) atoms. The number of benzene rings is 1. The Bertz CT molecular complexity index is 915. The van der Waals surface area contributed by atoms with Gasteiger partial charge in [0.15, 0.2) is 0 Å². The number of hydrogen-bond acceptors (Lipinski definition) is 6. The van der Waals surface area contributed by atoms with Gasteiger partial charge in [0.2, 0.25) is 10.0 Å². The van der Waals surface area contributed by atoms with Crippen molar-refractivity contribution in [2.75, 3.05) is 39.9 Å². The first-order chi connectivity index (χ1) is 12.6. The standard InChI is InChI=1S/C15H16Cl2N4O5S/c1-18-13(22)14(23)21(15(18)24)9-19-4-6-20(7-5-19)27(25,26)12-8-10(16)2-3-11(12)17/h2-3,8H,4-7,9H2,1H3. The van der Waals surface area contributed by atoms with Crippen molar-refractivity contribution >= 4 is 51.1 Å². The first-order valence-electron chi connectivity index (χ1n) is 7.94. The molecular weight excluding hydrogens is 419 g/mol. The smallest absolute Gasteiger partial charge is 0.283 e. The van der Waals surface area contributed by atoms with Crippen LogP contribution in [-0.2, 0) is 19.6 Å². The molecule has 9 nitrogen and oxygen atoms in total. The molecule has 2 fully saturated rings. The van der Waals surface area contributed by atoms with Crippen LogP contribution in [0.2, 0.25) is 10.0 Å². The lowest BCUT2D eigenvalue weighted by Crippen LogP contribution is -2.52. The van der Waals surface area contributed by atoms with Gasteiger partial charge in [0.1, 0.15) is 4.90 Å². The Labute approximate surface area is 166 Å². The maximum absolute atomic E-state index is 12.8. The van der Waals surface area contributed by atoms with E-state index in [4.69, 9.17) is 23.2 Å². The average molecular weight is 435 g/mol. The summed E-state index contributed by atoms with van der Waals surface area (Å²) < 4.78 is 26.9. The molecule has 2 aliphatic heterocycles. The SMILES string of the molecule is CN1C(=O)C(=O)N(CN2CCN(S(=O)(=O)c3cc(Cl)ccc3Cl)CC2)C1=O. The Morgan fingerprint density at radius 2 is 1.63 bits per heavy atom. The van der Waals surface area contributed by atoms with E-state index in [1.165, 1.54) is 29.6 Å². The van der Waals surface area contributed by atoms with Crippen LogP contribution in [0, 0.1) is 0 Å². The van der Waals surface area contributed by atoms with Crippen LogP contribution in [0.15, 0.2) is 23.1 Å². The van der Waals surface area contributed by atoms with Crippen LogP contribution in [0.3, 0.4) is 0 Å². The topological polar surface area (TPSA) is 98.3 Å². The maximum Gasteiger partial charge on any atom is 0.335 e. The van der Waals surface area contributed by atoms with E-state index >= 15 is 0 Å². The predicted molar refractivity (Wildman–Crippen MR) is 96.7 cm³/mol. The predicted octanol–water partition coefficient (Wildman–Crippen LogP) is 0.678. The highest BCUT2D eigenvalue weighted by Crippen LogP contribution is 2.28. The summed E-state index contributed by atoms with van der Waals surface area (Å²) in [6, 6.07) is 3.54. The van der Waals surface area contributed by atoms with Gasteiger partial charge in [-0.25, -0.2) is 18.1 Å². The lowest BCUT2D eigenvalue weighted by atomic mass is 10.4. The van der Waals surface area contributed by atoms with Crippen molar-refractivity contribution in [1.29, 1.82) is 0 Å². The van der Waals surface area contributed by atoms with Gasteiger partial charge in [-0.05, 0) is 18.2 Å². The second kappa shape index (κ2) is 7.36. The minimum absolute atomic E-state index is 0.0674. The van der Waals surface area contributed by atoms with Crippen LogP contribution in [0.5, 0.6) is 0 Å². The van der Waals surface area contributed by atoms with Gasteiger partial charge in [-0.15, -0.1) is 0 Å². The molecule has 4 amide bonds. The van der Waals surface area contributed by atoms with Crippen LogP contribution >= 0.6 is 23.2 Å². The summed E-state index contributed by atoms with van der Waals surface area (Å²) in [4.78, 5) is 38.6. The Kier molecular flexibility index (Phi) is 5.46. The number of amides is 4. The monoisotopic (exact) mass is 434 g/mol. The zero-order valence-electron chi connectivity index (χ0n) is 14.3. The average Bonchev–Trinajstić information content (AvgIpc) is 2.82. The first-order valence-corrected chi connectivity index (χ1v) is 10.1. The molecule has 0 spiro atoms. The Hall–Kier alpha value is -1.72. The third kappa shape index (κ3) is 3.67. The molecule has 2 saturated heterocycles.